The zero-order chi connectivity index (χ0) is 20.9. The van der Waals surface area contributed by atoms with E-state index in [2.05, 4.69) is 27.3 Å². The number of halogens is 1. The number of carbonyl (C=O) groups is 1. The highest BCUT2D eigenvalue weighted by atomic mass is 35.5. The van der Waals surface area contributed by atoms with Crippen molar-refractivity contribution >= 4 is 33.9 Å². The zero-order valence-electron chi connectivity index (χ0n) is 17.6. The Labute approximate surface area is 187 Å². The molecule has 164 valence electrons. The number of fused-ring (bicyclic) bond motifs is 1. The average molecular weight is 443 g/mol. The molecule has 1 fully saturated rings. The molecular weight excluding hydrogens is 418 g/mol. The molecule has 0 atom stereocenters. The third-order valence-electron chi connectivity index (χ3n) is 5.08. The maximum absolute atomic E-state index is 12.6. The molecular formula is C23H25ClN3O4-. The number of aromatic nitrogens is 1. The minimum absolute atomic E-state index is 0. The van der Waals surface area contributed by atoms with Gasteiger partial charge in [0.1, 0.15) is 11.3 Å². The lowest BCUT2D eigenvalue weighted by Crippen LogP contribution is -3.00. The van der Waals surface area contributed by atoms with E-state index >= 15 is 0 Å². The van der Waals surface area contributed by atoms with E-state index in [4.69, 9.17) is 14.2 Å². The van der Waals surface area contributed by atoms with Crippen LogP contribution in [-0.4, -0.2) is 51.0 Å². The Balaban J connectivity index is 0.00000272. The van der Waals surface area contributed by atoms with Crippen LogP contribution in [0.2, 0.25) is 0 Å². The number of methoxy groups -OCH3 is 1. The smallest absolute Gasteiger partial charge is 0.341 e. The van der Waals surface area contributed by atoms with Crippen molar-refractivity contribution in [1.29, 1.82) is 0 Å². The lowest BCUT2D eigenvalue weighted by molar-refractivity contribution is -0.0000252. The second-order valence-corrected chi connectivity index (χ2v) is 6.92. The highest BCUT2D eigenvalue weighted by Gasteiger charge is 2.18. The van der Waals surface area contributed by atoms with Gasteiger partial charge in [-0.05, 0) is 49.4 Å². The van der Waals surface area contributed by atoms with Crippen molar-refractivity contribution in [2.24, 2.45) is 0 Å². The third kappa shape index (κ3) is 5.00. The SMILES string of the molecule is CCOC(=O)c1cnc2ccc(OC)cc2c1Nc1ccc(N2CCOCC2)cc1.[Cl-]. The highest BCUT2D eigenvalue weighted by Crippen LogP contribution is 2.32. The number of anilines is 3. The van der Waals surface area contributed by atoms with Crippen molar-refractivity contribution in [1.82, 2.24) is 4.98 Å². The van der Waals surface area contributed by atoms with E-state index in [0.29, 0.717) is 23.6 Å². The Bertz CT molecular complexity index is 1040. The monoisotopic (exact) mass is 442 g/mol. The number of benzene rings is 2. The molecule has 1 aliphatic rings. The van der Waals surface area contributed by atoms with E-state index in [-0.39, 0.29) is 12.4 Å². The summed E-state index contributed by atoms with van der Waals surface area (Å²) in [6.45, 7) is 5.33. The second-order valence-electron chi connectivity index (χ2n) is 6.92. The molecule has 8 heteroatoms. The van der Waals surface area contributed by atoms with Gasteiger partial charge in [0.2, 0.25) is 0 Å². The lowest BCUT2D eigenvalue weighted by Gasteiger charge is -2.29. The summed E-state index contributed by atoms with van der Waals surface area (Å²) in [4.78, 5) is 19.3. The predicted octanol–water partition coefficient (Wildman–Crippen LogP) is 1.00. The highest BCUT2D eigenvalue weighted by molar-refractivity contribution is 6.06. The van der Waals surface area contributed by atoms with Gasteiger partial charge in [-0.2, -0.15) is 0 Å². The van der Waals surface area contributed by atoms with Gasteiger partial charge in [0, 0.05) is 36.0 Å². The molecule has 1 N–H and O–H groups in total. The Kier molecular flexibility index (Phi) is 7.55. The first-order chi connectivity index (χ1) is 14.7. The molecule has 1 aliphatic heterocycles. The fourth-order valence-electron chi connectivity index (χ4n) is 3.52. The maximum atomic E-state index is 12.6. The van der Waals surface area contributed by atoms with E-state index in [1.165, 1.54) is 0 Å². The lowest BCUT2D eigenvalue weighted by atomic mass is 10.1. The number of hydrogen-bond acceptors (Lipinski definition) is 7. The predicted molar refractivity (Wildman–Crippen MR) is 117 cm³/mol. The summed E-state index contributed by atoms with van der Waals surface area (Å²) in [7, 11) is 1.61. The molecule has 7 nitrogen and oxygen atoms in total. The van der Waals surface area contributed by atoms with Crippen LogP contribution in [0.25, 0.3) is 10.9 Å². The molecule has 31 heavy (non-hydrogen) atoms. The quantitative estimate of drug-likeness (QED) is 0.571. The van der Waals surface area contributed by atoms with Crippen LogP contribution in [-0.2, 0) is 9.47 Å². The topological polar surface area (TPSA) is 72.9 Å². The molecule has 0 spiro atoms. The van der Waals surface area contributed by atoms with Gasteiger partial charge < -0.3 is 36.8 Å². The van der Waals surface area contributed by atoms with Crippen LogP contribution >= 0.6 is 0 Å². The van der Waals surface area contributed by atoms with Gasteiger partial charge in [-0.25, -0.2) is 4.79 Å². The van der Waals surface area contributed by atoms with Gasteiger partial charge in [-0.1, -0.05) is 0 Å². The van der Waals surface area contributed by atoms with Gasteiger partial charge >= 0.3 is 5.97 Å². The first kappa shape index (κ1) is 22.7. The fourth-order valence-corrected chi connectivity index (χ4v) is 3.52. The van der Waals surface area contributed by atoms with Crippen LogP contribution in [0.5, 0.6) is 5.75 Å². The molecule has 0 aliphatic carbocycles. The molecule has 0 unspecified atom stereocenters. The van der Waals surface area contributed by atoms with E-state index in [0.717, 1.165) is 48.6 Å². The molecule has 0 bridgehead atoms. The fraction of sp³-hybridized carbons (Fsp3) is 0.304. The summed E-state index contributed by atoms with van der Waals surface area (Å²) in [6, 6.07) is 13.7. The number of hydrogen-bond donors (Lipinski definition) is 1. The van der Waals surface area contributed by atoms with Crippen LogP contribution < -0.4 is 27.4 Å². The molecule has 3 aromatic rings. The Hall–Kier alpha value is -3.03. The molecule has 0 saturated carbocycles. The number of nitrogens with zero attached hydrogens (tertiary/aromatic N) is 2. The van der Waals surface area contributed by atoms with E-state index in [9.17, 15) is 4.79 Å². The van der Waals surface area contributed by atoms with Gasteiger partial charge in [-0.3, -0.25) is 4.98 Å². The molecule has 2 heterocycles. The van der Waals surface area contributed by atoms with Crippen molar-refractivity contribution in [3.63, 3.8) is 0 Å². The normalized spacial score (nSPS) is 13.4. The van der Waals surface area contributed by atoms with Gasteiger partial charge in [0.25, 0.3) is 0 Å². The first-order valence-corrected chi connectivity index (χ1v) is 10.0. The van der Waals surface area contributed by atoms with E-state index in [1.54, 1.807) is 20.2 Å². The minimum atomic E-state index is -0.415. The molecule has 0 amide bonds. The molecule has 1 aromatic heterocycles. The van der Waals surface area contributed by atoms with Crippen LogP contribution in [0.4, 0.5) is 17.1 Å². The van der Waals surface area contributed by atoms with Crippen LogP contribution in [0.1, 0.15) is 17.3 Å². The average Bonchev–Trinajstić information content (AvgIpc) is 2.80. The summed E-state index contributed by atoms with van der Waals surface area (Å²) < 4.78 is 16.0. The number of esters is 1. The summed E-state index contributed by atoms with van der Waals surface area (Å²) in [5, 5.41) is 4.19. The van der Waals surface area contributed by atoms with Crippen LogP contribution in [0.15, 0.2) is 48.7 Å². The van der Waals surface area contributed by atoms with Gasteiger partial charge in [0.05, 0.1) is 38.1 Å². The number of carbonyl (C=O) groups excluding carboxylic acids is 1. The minimum Gasteiger partial charge on any atom is -1.00 e. The number of ether oxygens (including phenoxy) is 3. The van der Waals surface area contributed by atoms with Crippen molar-refractivity contribution in [2.45, 2.75) is 6.92 Å². The van der Waals surface area contributed by atoms with Crippen molar-refractivity contribution in [2.75, 3.05) is 50.2 Å². The number of nitrogens with one attached hydrogen (secondary N) is 1. The van der Waals surface area contributed by atoms with Crippen molar-refractivity contribution in [3.05, 3.63) is 54.2 Å². The summed E-state index contributed by atoms with van der Waals surface area (Å²) in [5.74, 6) is 0.276. The second kappa shape index (κ2) is 10.3. The maximum Gasteiger partial charge on any atom is 0.341 e. The summed E-state index contributed by atoms with van der Waals surface area (Å²) >= 11 is 0. The zero-order valence-corrected chi connectivity index (χ0v) is 18.3. The Morgan fingerprint density at radius 1 is 1.16 bits per heavy atom. The summed E-state index contributed by atoms with van der Waals surface area (Å²) in [5.41, 5.74) is 3.81. The van der Waals surface area contributed by atoms with Crippen molar-refractivity contribution in [3.8, 4) is 5.75 Å². The molecule has 4 rings (SSSR count). The third-order valence-corrected chi connectivity index (χ3v) is 5.08. The van der Waals surface area contributed by atoms with Crippen molar-refractivity contribution < 1.29 is 31.4 Å². The van der Waals surface area contributed by atoms with Gasteiger partial charge in [0.15, 0.2) is 0 Å². The van der Waals surface area contributed by atoms with Gasteiger partial charge in [-0.15, -0.1) is 0 Å². The standard InChI is InChI=1S/C23H25N3O4.ClH/c1-3-30-23(27)20-15-24-21-9-8-18(28-2)14-19(21)22(20)25-16-4-6-17(7-5-16)26-10-12-29-13-11-26;/h4-9,14-15H,3,10-13H2,1-2H3,(H,24,25);1H/p-1. The number of pyridine rings is 1. The Morgan fingerprint density at radius 3 is 2.58 bits per heavy atom. The number of morpholine rings is 1. The van der Waals surface area contributed by atoms with Crippen LogP contribution in [0.3, 0.4) is 0 Å². The largest absolute Gasteiger partial charge is 1.00 e. The Morgan fingerprint density at radius 2 is 1.90 bits per heavy atom. The first-order valence-electron chi connectivity index (χ1n) is 10.0. The van der Waals surface area contributed by atoms with E-state index in [1.807, 2.05) is 30.3 Å². The van der Waals surface area contributed by atoms with E-state index < -0.39 is 5.97 Å². The molecule has 2 aromatic carbocycles. The number of rotatable bonds is 6. The molecule has 0 radical (unpaired) electrons. The molecule has 1 saturated heterocycles. The summed E-state index contributed by atoms with van der Waals surface area (Å²) in [6.07, 6.45) is 1.55. The van der Waals surface area contributed by atoms with Crippen LogP contribution in [0, 0.1) is 0 Å².